The molecule has 1 aromatic rings. The number of hydrogen-bond acceptors (Lipinski definition) is 3. The van der Waals surface area contributed by atoms with E-state index in [0.29, 0.717) is 12.1 Å². The molecular formula is C16H24ClNO2. The predicted molar refractivity (Wildman–Crippen MR) is 82.6 cm³/mol. The van der Waals surface area contributed by atoms with Gasteiger partial charge in [-0.1, -0.05) is 17.7 Å². The maximum Gasteiger partial charge on any atom is 0.120 e. The molecule has 1 fully saturated rings. The highest BCUT2D eigenvalue weighted by Gasteiger charge is 2.31. The van der Waals surface area contributed by atoms with Crippen LogP contribution in [0.5, 0.6) is 5.75 Å². The molecule has 0 aliphatic heterocycles. The van der Waals surface area contributed by atoms with Crippen LogP contribution in [0.3, 0.4) is 0 Å². The molecule has 1 unspecified atom stereocenters. The summed E-state index contributed by atoms with van der Waals surface area (Å²) < 4.78 is 10.8. The first-order chi connectivity index (χ1) is 9.67. The van der Waals surface area contributed by atoms with Crippen molar-refractivity contribution in [3.05, 3.63) is 28.8 Å². The fourth-order valence-electron chi connectivity index (χ4n) is 2.89. The zero-order valence-electron chi connectivity index (χ0n) is 12.5. The average Bonchev–Trinajstić information content (AvgIpc) is 2.42. The van der Waals surface area contributed by atoms with Crippen molar-refractivity contribution in [2.24, 2.45) is 5.92 Å². The van der Waals surface area contributed by atoms with Crippen LogP contribution in [0.1, 0.15) is 37.8 Å². The summed E-state index contributed by atoms with van der Waals surface area (Å²) in [4.78, 5) is 0. The van der Waals surface area contributed by atoms with Crippen LogP contribution in [0, 0.1) is 5.92 Å². The largest absolute Gasteiger partial charge is 0.497 e. The Balaban J connectivity index is 1.95. The predicted octanol–water partition coefficient (Wildman–Crippen LogP) is 3.81. The quantitative estimate of drug-likeness (QED) is 0.830. The Morgan fingerprint density at radius 1 is 1.40 bits per heavy atom. The van der Waals surface area contributed by atoms with Crippen LogP contribution in [0.25, 0.3) is 0 Å². The lowest BCUT2D eigenvalue weighted by Crippen LogP contribution is -2.34. The van der Waals surface area contributed by atoms with Crippen molar-refractivity contribution in [2.45, 2.75) is 38.3 Å². The Hall–Kier alpha value is -0.770. The summed E-state index contributed by atoms with van der Waals surface area (Å²) in [7, 11) is 3.65. The first-order valence-corrected chi connectivity index (χ1v) is 7.68. The van der Waals surface area contributed by atoms with Crippen molar-refractivity contribution < 1.29 is 9.47 Å². The van der Waals surface area contributed by atoms with Gasteiger partial charge in [-0.3, -0.25) is 0 Å². The standard InChI is InChI=1S/C16H24ClNO2/c1-4-20-13-7-11(8-13)9-16(18-2)14-6-5-12(19-3)10-15(14)17/h5-6,10-11,13,16,18H,4,7-9H2,1-3H3. The third-order valence-corrected chi connectivity index (χ3v) is 4.42. The van der Waals surface area contributed by atoms with Gasteiger partial charge in [0.1, 0.15) is 5.75 Å². The molecule has 112 valence electrons. The zero-order chi connectivity index (χ0) is 14.5. The topological polar surface area (TPSA) is 30.5 Å². The molecule has 0 radical (unpaired) electrons. The Bertz CT molecular complexity index is 432. The minimum atomic E-state index is 0.293. The van der Waals surface area contributed by atoms with Crippen molar-refractivity contribution in [3.63, 3.8) is 0 Å². The summed E-state index contributed by atoms with van der Waals surface area (Å²) in [5.41, 5.74) is 1.15. The highest BCUT2D eigenvalue weighted by Crippen LogP contribution is 2.38. The number of rotatable bonds is 7. The van der Waals surface area contributed by atoms with E-state index in [9.17, 15) is 0 Å². The molecule has 0 spiro atoms. The fourth-order valence-corrected chi connectivity index (χ4v) is 3.19. The van der Waals surface area contributed by atoms with E-state index < -0.39 is 0 Å². The lowest BCUT2D eigenvalue weighted by molar-refractivity contribution is -0.0289. The van der Waals surface area contributed by atoms with Crippen molar-refractivity contribution in [2.75, 3.05) is 20.8 Å². The molecule has 0 aromatic heterocycles. The minimum Gasteiger partial charge on any atom is -0.497 e. The second-order valence-electron chi connectivity index (χ2n) is 5.38. The second-order valence-corrected chi connectivity index (χ2v) is 5.79. The molecule has 20 heavy (non-hydrogen) atoms. The van der Waals surface area contributed by atoms with Crippen LogP contribution in [0.15, 0.2) is 18.2 Å². The van der Waals surface area contributed by atoms with E-state index in [2.05, 4.69) is 18.3 Å². The van der Waals surface area contributed by atoms with Crippen LogP contribution in [0.2, 0.25) is 5.02 Å². The first-order valence-electron chi connectivity index (χ1n) is 7.30. The monoisotopic (exact) mass is 297 g/mol. The van der Waals surface area contributed by atoms with E-state index in [-0.39, 0.29) is 0 Å². The van der Waals surface area contributed by atoms with Crippen LogP contribution in [0.4, 0.5) is 0 Å². The zero-order valence-corrected chi connectivity index (χ0v) is 13.2. The molecule has 0 heterocycles. The van der Waals surface area contributed by atoms with Gasteiger partial charge in [-0.2, -0.15) is 0 Å². The van der Waals surface area contributed by atoms with Crippen molar-refractivity contribution in [1.29, 1.82) is 0 Å². The van der Waals surface area contributed by atoms with Gasteiger partial charge >= 0.3 is 0 Å². The van der Waals surface area contributed by atoms with Crippen LogP contribution in [-0.4, -0.2) is 26.9 Å². The van der Waals surface area contributed by atoms with Gasteiger partial charge in [0.15, 0.2) is 0 Å². The number of benzene rings is 1. The fraction of sp³-hybridized carbons (Fsp3) is 0.625. The van der Waals surface area contributed by atoms with E-state index in [4.69, 9.17) is 21.1 Å². The van der Waals surface area contributed by atoms with E-state index in [1.54, 1.807) is 7.11 Å². The maximum atomic E-state index is 6.36. The van der Waals surface area contributed by atoms with Crippen LogP contribution < -0.4 is 10.1 Å². The lowest BCUT2D eigenvalue weighted by atomic mass is 9.77. The molecule has 1 saturated carbocycles. The van der Waals surface area contributed by atoms with E-state index in [1.165, 1.54) is 12.8 Å². The molecule has 1 N–H and O–H groups in total. The number of nitrogens with one attached hydrogen (secondary N) is 1. The van der Waals surface area contributed by atoms with Gasteiger partial charge in [0.25, 0.3) is 0 Å². The number of halogens is 1. The third-order valence-electron chi connectivity index (χ3n) is 4.10. The highest BCUT2D eigenvalue weighted by atomic mass is 35.5. The Labute approximate surface area is 126 Å². The molecule has 0 amide bonds. The first kappa shape index (κ1) is 15.6. The molecule has 2 rings (SSSR count). The lowest BCUT2D eigenvalue weighted by Gasteiger charge is -2.37. The summed E-state index contributed by atoms with van der Waals surface area (Å²) in [6.45, 7) is 2.87. The SMILES string of the molecule is CCOC1CC(CC(NC)c2ccc(OC)cc2Cl)C1. The highest BCUT2D eigenvalue weighted by molar-refractivity contribution is 6.31. The molecular weight excluding hydrogens is 274 g/mol. The van der Waals surface area contributed by atoms with E-state index >= 15 is 0 Å². The molecule has 4 heteroatoms. The summed E-state index contributed by atoms with van der Waals surface area (Å²) in [5.74, 6) is 1.52. The Morgan fingerprint density at radius 2 is 2.15 bits per heavy atom. The molecule has 1 aliphatic carbocycles. The smallest absolute Gasteiger partial charge is 0.120 e. The summed E-state index contributed by atoms with van der Waals surface area (Å²) >= 11 is 6.36. The summed E-state index contributed by atoms with van der Waals surface area (Å²) in [6, 6.07) is 6.20. The van der Waals surface area contributed by atoms with Gasteiger partial charge in [0, 0.05) is 17.7 Å². The van der Waals surface area contributed by atoms with Gasteiger partial charge < -0.3 is 14.8 Å². The van der Waals surface area contributed by atoms with E-state index in [1.807, 2.05) is 19.2 Å². The normalized spacial score (nSPS) is 23.2. The molecule has 1 atom stereocenters. The maximum absolute atomic E-state index is 6.36. The molecule has 0 bridgehead atoms. The van der Waals surface area contributed by atoms with Gasteiger partial charge in [0.05, 0.1) is 13.2 Å². The molecule has 3 nitrogen and oxygen atoms in total. The van der Waals surface area contributed by atoms with Gasteiger partial charge in [-0.05, 0) is 56.8 Å². The molecule has 0 saturated heterocycles. The van der Waals surface area contributed by atoms with Crippen molar-refractivity contribution >= 4 is 11.6 Å². The van der Waals surface area contributed by atoms with Gasteiger partial charge in [0.2, 0.25) is 0 Å². The second kappa shape index (κ2) is 7.30. The Morgan fingerprint density at radius 3 is 2.70 bits per heavy atom. The molecule has 1 aliphatic rings. The summed E-state index contributed by atoms with van der Waals surface area (Å²) in [5, 5.41) is 4.14. The summed E-state index contributed by atoms with van der Waals surface area (Å²) in [6.07, 6.45) is 3.90. The van der Waals surface area contributed by atoms with Crippen LogP contribution in [-0.2, 0) is 4.74 Å². The number of ether oxygens (including phenoxy) is 2. The van der Waals surface area contributed by atoms with Crippen LogP contribution >= 0.6 is 11.6 Å². The molecule has 1 aromatic carbocycles. The Kier molecular flexibility index (Phi) is 5.70. The van der Waals surface area contributed by atoms with Gasteiger partial charge in [-0.25, -0.2) is 0 Å². The number of methoxy groups -OCH3 is 1. The van der Waals surface area contributed by atoms with Gasteiger partial charge in [-0.15, -0.1) is 0 Å². The number of hydrogen-bond donors (Lipinski definition) is 1. The van der Waals surface area contributed by atoms with Crippen molar-refractivity contribution in [3.8, 4) is 5.75 Å². The average molecular weight is 298 g/mol. The third kappa shape index (κ3) is 3.66. The van der Waals surface area contributed by atoms with E-state index in [0.717, 1.165) is 35.3 Å². The minimum absolute atomic E-state index is 0.293. The van der Waals surface area contributed by atoms with Crippen molar-refractivity contribution in [1.82, 2.24) is 5.32 Å².